The maximum Gasteiger partial charge on any atom is 0.267 e. The molecule has 2 heterocycles. The van der Waals surface area contributed by atoms with Crippen molar-refractivity contribution in [2.45, 2.75) is 44.7 Å². The second kappa shape index (κ2) is 5.98. The van der Waals surface area contributed by atoms with E-state index in [-0.39, 0.29) is 24.6 Å². The minimum Gasteiger partial charge on any atom is -0.395 e. The van der Waals surface area contributed by atoms with Gasteiger partial charge in [-0.05, 0) is 38.2 Å². The smallest absolute Gasteiger partial charge is 0.267 e. The summed E-state index contributed by atoms with van der Waals surface area (Å²) >= 11 is 1.23. The van der Waals surface area contributed by atoms with Crippen molar-refractivity contribution in [2.24, 2.45) is 0 Å². The number of carbonyl (C=O) groups excluding carboxylic acids is 1. The van der Waals surface area contributed by atoms with Crippen LogP contribution in [0.2, 0.25) is 0 Å². The minimum absolute atomic E-state index is 0.0780. The molecule has 1 aromatic heterocycles. The number of hydrogen-bond donors (Lipinski definition) is 1. The van der Waals surface area contributed by atoms with Crippen LogP contribution in [-0.4, -0.2) is 68.7 Å². The van der Waals surface area contributed by atoms with E-state index in [4.69, 9.17) is 5.11 Å². The lowest BCUT2D eigenvalue weighted by molar-refractivity contribution is 0.0239. The highest BCUT2D eigenvalue weighted by atomic mass is 32.1. The average molecular weight is 310 g/mol. The van der Waals surface area contributed by atoms with Gasteiger partial charge in [0.15, 0.2) is 0 Å². The van der Waals surface area contributed by atoms with Crippen LogP contribution in [0.4, 0.5) is 0 Å². The molecule has 1 aliphatic carbocycles. The molecule has 1 saturated carbocycles. The Morgan fingerprint density at radius 3 is 2.57 bits per heavy atom. The topological polar surface area (TPSA) is 69.6 Å². The second-order valence-corrected chi connectivity index (χ2v) is 6.89. The Morgan fingerprint density at radius 2 is 2.00 bits per heavy atom. The lowest BCUT2D eigenvalue weighted by Crippen LogP contribution is -2.58. The number of rotatable bonds is 4. The van der Waals surface area contributed by atoms with Gasteiger partial charge in [0.1, 0.15) is 4.88 Å². The Morgan fingerprint density at radius 1 is 1.33 bits per heavy atom. The molecule has 0 unspecified atom stereocenters. The van der Waals surface area contributed by atoms with Crippen molar-refractivity contribution < 1.29 is 9.90 Å². The monoisotopic (exact) mass is 310 g/mol. The lowest BCUT2D eigenvalue weighted by atomic mass is 10.1. The quantitative estimate of drug-likeness (QED) is 0.896. The van der Waals surface area contributed by atoms with Gasteiger partial charge in [0.25, 0.3) is 5.91 Å². The van der Waals surface area contributed by atoms with Gasteiger partial charge < -0.3 is 10.0 Å². The number of piperazine rings is 1. The van der Waals surface area contributed by atoms with Gasteiger partial charge in [0, 0.05) is 37.6 Å². The molecule has 3 rings (SSSR count). The Balaban J connectivity index is 1.72. The van der Waals surface area contributed by atoms with Gasteiger partial charge in [-0.3, -0.25) is 9.69 Å². The zero-order valence-electron chi connectivity index (χ0n) is 12.5. The van der Waals surface area contributed by atoms with E-state index in [2.05, 4.69) is 28.3 Å². The first kappa shape index (κ1) is 14.9. The highest BCUT2D eigenvalue weighted by Crippen LogP contribution is 2.41. The molecule has 0 bridgehead atoms. The highest BCUT2D eigenvalue weighted by Gasteiger charge is 2.36. The predicted octanol–water partition coefficient (Wildman–Crippen LogP) is 0.943. The summed E-state index contributed by atoms with van der Waals surface area (Å²) in [6.07, 6.45) is 2.26. The van der Waals surface area contributed by atoms with Crippen molar-refractivity contribution >= 4 is 17.4 Å². The van der Waals surface area contributed by atoms with Crippen molar-refractivity contribution in [2.75, 3.05) is 26.2 Å². The Hall–Kier alpha value is -1.05. The number of hydrogen-bond acceptors (Lipinski definition) is 6. The van der Waals surface area contributed by atoms with Gasteiger partial charge in [-0.25, -0.2) is 0 Å². The van der Waals surface area contributed by atoms with E-state index in [9.17, 15) is 4.79 Å². The van der Waals surface area contributed by atoms with Gasteiger partial charge in [0.2, 0.25) is 0 Å². The molecule has 2 atom stereocenters. The summed E-state index contributed by atoms with van der Waals surface area (Å²) in [5.41, 5.74) is 0.906. The van der Waals surface area contributed by atoms with E-state index in [1.54, 1.807) is 0 Å². The molecule has 2 fully saturated rings. The lowest BCUT2D eigenvalue weighted by Gasteiger charge is -2.44. The molecule has 0 aromatic carbocycles. The number of β-amino-alcohol motifs (C(OH)–C–C–N with tert-alkyl or cyclic N) is 1. The van der Waals surface area contributed by atoms with Gasteiger partial charge in [-0.2, -0.15) is 0 Å². The third-order valence-corrected chi connectivity index (χ3v) is 5.15. The van der Waals surface area contributed by atoms with Gasteiger partial charge in [0.05, 0.1) is 12.3 Å². The van der Waals surface area contributed by atoms with Crippen LogP contribution in [0.3, 0.4) is 0 Å². The van der Waals surface area contributed by atoms with Crippen LogP contribution in [0.15, 0.2) is 0 Å². The van der Waals surface area contributed by atoms with E-state index in [0.717, 1.165) is 23.4 Å². The van der Waals surface area contributed by atoms with Crippen LogP contribution in [-0.2, 0) is 0 Å². The van der Waals surface area contributed by atoms with E-state index in [1.807, 2.05) is 4.90 Å². The number of aliphatic hydroxyl groups excluding tert-OH is 1. The van der Waals surface area contributed by atoms with Gasteiger partial charge in [-0.15, -0.1) is 5.10 Å². The summed E-state index contributed by atoms with van der Waals surface area (Å²) in [6.45, 7) is 6.44. The SMILES string of the molecule is C[C@@H]1CN(C(=O)c2snnc2C2CC2)C[C@H](C)N1CCO. The first-order chi connectivity index (χ1) is 10.1. The van der Waals surface area contributed by atoms with Crippen molar-refractivity contribution in [3.63, 3.8) is 0 Å². The fourth-order valence-electron chi connectivity index (χ4n) is 3.19. The molecule has 7 heteroatoms. The van der Waals surface area contributed by atoms with Crippen LogP contribution in [0.1, 0.15) is 48.0 Å². The molecular weight excluding hydrogens is 288 g/mol. The molecule has 0 radical (unpaired) electrons. The van der Waals surface area contributed by atoms with E-state index in [0.29, 0.717) is 25.6 Å². The highest BCUT2D eigenvalue weighted by molar-refractivity contribution is 7.08. The number of aromatic nitrogens is 2. The molecule has 1 amide bonds. The van der Waals surface area contributed by atoms with E-state index < -0.39 is 0 Å². The Kier molecular flexibility index (Phi) is 4.24. The summed E-state index contributed by atoms with van der Waals surface area (Å²) in [4.78, 5) is 17.7. The van der Waals surface area contributed by atoms with Crippen LogP contribution in [0.5, 0.6) is 0 Å². The van der Waals surface area contributed by atoms with Crippen molar-refractivity contribution in [1.82, 2.24) is 19.4 Å². The zero-order chi connectivity index (χ0) is 15.0. The molecule has 6 nitrogen and oxygen atoms in total. The molecular formula is C14H22N4O2S. The van der Waals surface area contributed by atoms with Crippen LogP contribution in [0.25, 0.3) is 0 Å². The standard InChI is InChI=1S/C14H22N4O2S/c1-9-7-17(8-10(2)18(9)5-6-19)14(20)13-12(11-3-4-11)15-16-21-13/h9-11,19H,3-8H2,1-2H3/t9-,10+. The van der Waals surface area contributed by atoms with Gasteiger partial charge >= 0.3 is 0 Å². The minimum atomic E-state index is 0.0780. The summed E-state index contributed by atoms with van der Waals surface area (Å²) in [5, 5.41) is 13.3. The molecule has 116 valence electrons. The fourth-order valence-corrected chi connectivity index (χ4v) is 3.91. The maximum atomic E-state index is 12.8. The number of carbonyl (C=O) groups is 1. The normalized spacial score (nSPS) is 27.1. The largest absolute Gasteiger partial charge is 0.395 e. The Labute approximate surface area is 128 Å². The molecule has 21 heavy (non-hydrogen) atoms. The van der Waals surface area contributed by atoms with E-state index in [1.165, 1.54) is 11.5 Å². The first-order valence-corrected chi connectivity index (χ1v) is 8.37. The third kappa shape index (κ3) is 2.95. The molecule has 1 N–H and O–H groups in total. The summed E-state index contributed by atoms with van der Waals surface area (Å²) in [5.74, 6) is 0.530. The summed E-state index contributed by atoms with van der Waals surface area (Å²) < 4.78 is 3.98. The van der Waals surface area contributed by atoms with Crippen molar-refractivity contribution in [1.29, 1.82) is 0 Å². The Bertz CT molecular complexity index is 505. The summed E-state index contributed by atoms with van der Waals surface area (Å²) in [6, 6.07) is 0.519. The maximum absolute atomic E-state index is 12.8. The molecule has 2 aliphatic rings. The fraction of sp³-hybridized carbons (Fsp3) is 0.786. The van der Waals surface area contributed by atoms with Crippen molar-refractivity contribution in [3.8, 4) is 0 Å². The second-order valence-electron chi connectivity index (χ2n) is 6.13. The number of aliphatic hydroxyl groups is 1. The third-order valence-electron chi connectivity index (χ3n) is 4.42. The number of nitrogens with zero attached hydrogens (tertiary/aromatic N) is 4. The molecule has 1 saturated heterocycles. The molecule has 1 aromatic rings. The van der Waals surface area contributed by atoms with Crippen LogP contribution < -0.4 is 0 Å². The van der Waals surface area contributed by atoms with Crippen LogP contribution >= 0.6 is 11.5 Å². The zero-order valence-corrected chi connectivity index (χ0v) is 13.3. The number of amides is 1. The molecule has 1 aliphatic heterocycles. The van der Waals surface area contributed by atoms with E-state index >= 15 is 0 Å². The summed E-state index contributed by atoms with van der Waals surface area (Å²) in [7, 11) is 0. The van der Waals surface area contributed by atoms with Crippen molar-refractivity contribution in [3.05, 3.63) is 10.6 Å². The van der Waals surface area contributed by atoms with Crippen LogP contribution in [0, 0.1) is 0 Å². The first-order valence-electron chi connectivity index (χ1n) is 7.60. The average Bonchev–Trinajstić information content (AvgIpc) is 3.19. The molecule has 0 spiro atoms. The predicted molar refractivity (Wildman–Crippen MR) is 80.5 cm³/mol. The van der Waals surface area contributed by atoms with Gasteiger partial charge in [-0.1, -0.05) is 4.49 Å².